The first-order valence-corrected chi connectivity index (χ1v) is 13.0. The van der Waals surface area contributed by atoms with Crippen molar-refractivity contribution in [3.05, 3.63) is 69.1 Å². The summed E-state index contributed by atoms with van der Waals surface area (Å²) in [7, 11) is -1.76. The second-order valence-corrected chi connectivity index (χ2v) is 10.9. The quantitative estimate of drug-likeness (QED) is 0.549. The van der Waals surface area contributed by atoms with Crippen molar-refractivity contribution in [2.24, 2.45) is 0 Å². The molecule has 0 N–H and O–H groups in total. The zero-order valence-corrected chi connectivity index (χ0v) is 20.0. The lowest BCUT2D eigenvalue weighted by molar-refractivity contribution is 0.0662. The first-order valence-electron chi connectivity index (χ1n) is 11.1. The zero-order valence-electron chi connectivity index (χ0n) is 19.2. The summed E-state index contributed by atoms with van der Waals surface area (Å²) in [5, 5.41) is 0.385. The maximum absolute atomic E-state index is 13.7. The van der Waals surface area contributed by atoms with E-state index in [2.05, 4.69) is 0 Å². The van der Waals surface area contributed by atoms with Gasteiger partial charge in [0.2, 0.25) is 5.76 Å². The Kier molecular flexibility index (Phi) is 5.39. The summed E-state index contributed by atoms with van der Waals surface area (Å²) in [6.45, 7) is 4.18. The first-order chi connectivity index (χ1) is 16.2. The molecule has 2 aliphatic rings. The van der Waals surface area contributed by atoms with E-state index in [0.29, 0.717) is 41.1 Å². The normalized spacial score (nSPS) is 21.1. The maximum atomic E-state index is 13.7. The minimum Gasteiger partial charge on any atom is -0.493 e. The number of sulfone groups is 1. The molecule has 1 fully saturated rings. The molecule has 8 nitrogen and oxygen atoms in total. The van der Waals surface area contributed by atoms with Gasteiger partial charge in [0.15, 0.2) is 26.8 Å². The van der Waals surface area contributed by atoms with Crippen molar-refractivity contribution in [2.75, 3.05) is 25.2 Å². The van der Waals surface area contributed by atoms with Gasteiger partial charge in [-0.2, -0.15) is 0 Å². The molecule has 1 aromatic heterocycles. The number of ether oxygens (including phenoxy) is 2. The number of rotatable bonds is 5. The fraction of sp³-hybridized carbons (Fsp3) is 0.360. The van der Waals surface area contributed by atoms with Gasteiger partial charge in [-0.1, -0.05) is 17.7 Å². The molecule has 0 spiro atoms. The molecule has 34 heavy (non-hydrogen) atoms. The van der Waals surface area contributed by atoms with E-state index in [1.54, 1.807) is 30.3 Å². The fourth-order valence-electron chi connectivity index (χ4n) is 4.93. The van der Waals surface area contributed by atoms with Crippen LogP contribution in [0, 0.1) is 6.92 Å². The standard InChI is InChI=1S/C25H25NO7S/c1-4-32-19-8-6-15(12-20(19)31-3)22-21-23(27)17-11-14(2)5-7-18(17)33-24(21)25(28)26(22)16-9-10-34(29,30)13-16/h5-8,11-12,16,22H,4,9-10,13H2,1-3H3. The van der Waals surface area contributed by atoms with Gasteiger partial charge in [0.05, 0.1) is 42.2 Å². The van der Waals surface area contributed by atoms with Gasteiger partial charge in [-0.25, -0.2) is 8.42 Å². The van der Waals surface area contributed by atoms with Gasteiger partial charge in [-0.3, -0.25) is 9.59 Å². The summed E-state index contributed by atoms with van der Waals surface area (Å²) in [4.78, 5) is 28.8. The number of hydrogen-bond acceptors (Lipinski definition) is 7. The van der Waals surface area contributed by atoms with Crippen LogP contribution in [0.4, 0.5) is 0 Å². The molecule has 1 saturated heterocycles. The van der Waals surface area contributed by atoms with E-state index in [-0.39, 0.29) is 28.3 Å². The van der Waals surface area contributed by atoms with Gasteiger partial charge >= 0.3 is 0 Å². The smallest absolute Gasteiger partial charge is 0.291 e. The summed E-state index contributed by atoms with van der Waals surface area (Å²) < 4.78 is 41.6. The minimum absolute atomic E-state index is 0.000341. The van der Waals surface area contributed by atoms with Crippen molar-refractivity contribution in [3.63, 3.8) is 0 Å². The second-order valence-electron chi connectivity index (χ2n) is 8.69. The maximum Gasteiger partial charge on any atom is 0.291 e. The molecule has 0 saturated carbocycles. The molecule has 0 aliphatic carbocycles. The van der Waals surface area contributed by atoms with Crippen LogP contribution < -0.4 is 14.9 Å². The van der Waals surface area contributed by atoms with E-state index >= 15 is 0 Å². The lowest BCUT2D eigenvalue weighted by Crippen LogP contribution is -2.40. The molecule has 2 aromatic carbocycles. The van der Waals surface area contributed by atoms with Crippen molar-refractivity contribution >= 4 is 26.7 Å². The first kappa shape index (κ1) is 22.5. The third-order valence-corrected chi connectivity index (χ3v) is 8.22. The van der Waals surface area contributed by atoms with E-state index in [4.69, 9.17) is 13.9 Å². The van der Waals surface area contributed by atoms with Crippen LogP contribution in [-0.4, -0.2) is 50.5 Å². The number of carbonyl (C=O) groups excluding carboxylic acids is 1. The highest BCUT2D eigenvalue weighted by Gasteiger charge is 2.48. The third-order valence-electron chi connectivity index (χ3n) is 6.47. The van der Waals surface area contributed by atoms with Crippen LogP contribution in [0.2, 0.25) is 0 Å². The Balaban J connectivity index is 1.75. The van der Waals surface area contributed by atoms with Gasteiger partial charge < -0.3 is 18.8 Å². The average Bonchev–Trinajstić information content (AvgIpc) is 3.31. The Labute approximate surface area is 197 Å². The highest BCUT2D eigenvalue weighted by molar-refractivity contribution is 7.91. The Morgan fingerprint density at radius 1 is 1.12 bits per heavy atom. The summed E-state index contributed by atoms with van der Waals surface area (Å²) in [5.41, 5.74) is 1.76. The highest BCUT2D eigenvalue weighted by atomic mass is 32.2. The highest BCUT2D eigenvalue weighted by Crippen LogP contribution is 2.43. The van der Waals surface area contributed by atoms with Gasteiger partial charge in [-0.05, 0) is 50.1 Å². The van der Waals surface area contributed by atoms with Crippen molar-refractivity contribution in [1.29, 1.82) is 0 Å². The van der Waals surface area contributed by atoms with Gasteiger partial charge in [-0.15, -0.1) is 0 Å². The molecule has 0 bridgehead atoms. The zero-order chi connectivity index (χ0) is 24.2. The van der Waals surface area contributed by atoms with Gasteiger partial charge in [0.1, 0.15) is 5.58 Å². The topological polar surface area (TPSA) is 103 Å². The van der Waals surface area contributed by atoms with Crippen molar-refractivity contribution in [2.45, 2.75) is 32.4 Å². The van der Waals surface area contributed by atoms with E-state index in [9.17, 15) is 18.0 Å². The molecule has 3 heterocycles. The molecule has 178 valence electrons. The Hall–Kier alpha value is -3.33. The molecule has 2 aliphatic heterocycles. The predicted molar refractivity (Wildman–Crippen MR) is 126 cm³/mol. The van der Waals surface area contributed by atoms with Crippen LogP contribution in [0.3, 0.4) is 0 Å². The van der Waals surface area contributed by atoms with Crippen LogP contribution in [-0.2, 0) is 9.84 Å². The van der Waals surface area contributed by atoms with Crippen LogP contribution >= 0.6 is 0 Å². The third kappa shape index (κ3) is 3.55. The van der Waals surface area contributed by atoms with Crippen molar-refractivity contribution < 1.29 is 27.1 Å². The van der Waals surface area contributed by atoms with Gasteiger partial charge in [0.25, 0.3) is 5.91 Å². The van der Waals surface area contributed by atoms with E-state index in [1.165, 1.54) is 12.0 Å². The van der Waals surface area contributed by atoms with E-state index < -0.39 is 27.8 Å². The molecule has 1 amide bonds. The SMILES string of the molecule is CCOc1ccc(C2c3c(oc4ccc(C)cc4c3=O)C(=O)N2C2CCS(=O)(=O)C2)cc1OC. The fourth-order valence-corrected chi connectivity index (χ4v) is 6.64. The Bertz CT molecular complexity index is 1470. The van der Waals surface area contributed by atoms with Crippen molar-refractivity contribution in [3.8, 4) is 11.5 Å². The molecule has 2 atom stereocenters. The van der Waals surface area contributed by atoms with Crippen LogP contribution in [0.5, 0.6) is 11.5 Å². The lowest BCUT2D eigenvalue weighted by Gasteiger charge is -2.30. The second kappa shape index (κ2) is 8.16. The largest absolute Gasteiger partial charge is 0.493 e. The Morgan fingerprint density at radius 3 is 2.59 bits per heavy atom. The number of hydrogen-bond donors (Lipinski definition) is 0. The molecular formula is C25H25NO7S. The van der Waals surface area contributed by atoms with Gasteiger partial charge in [0, 0.05) is 6.04 Å². The number of aryl methyl sites for hydroxylation is 1. The summed E-state index contributed by atoms with van der Waals surface area (Å²) in [6, 6.07) is 9.11. The Morgan fingerprint density at radius 2 is 1.91 bits per heavy atom. The number of amides is 1. The number of carbonyl (C=O) groups is 1. The molecule has 5 rings (SSSR count). The minimum atomic E-state index is -3.28. The monoisotopic (exact) mass is 483 g/mol. The molecule has 9 heteroatoms. The van der Waals surface area contributed by atoms with E-state index in [0.717, 1.165) is 5.56 Å². The number of benzene rings is 2. The molecule has 0 radical (unpaired) electrons. The number of fused-ring (bicyclic) bond motifs is 2. The summed E-state index contributed by atoms with van der Waals surface area (Å²) in [6.07, 6.45) is 0.305. The predicted octanol–water partition coefficient (Wildman–Crippen LogP) is 3.24. The lowest BCUT2D eigenvalue weighted by atomic mass is 9.97. The van der Waals surface area contributed by atoms with Crippen molar-refractivity contribution in [1.82, 2.24) is 4.90 Å². The summed E-state index contributed by atoms with van der Waals surface area (Å²) >= 11 is 0. The van der Waals surface area contributed by atoms with Crippen LogP contribution in [0.15, 0.2) is 45.6 Å². The molecule has 2 unspecified atom stereocenters. The molecular weight excluding hydrogens is 458 g/mol. The van der Waals surface area contributed by atoms with E-state index in [1.807, 2.05) is 19.9 Å². The number of methoxy groups -OCH3 is 1. The van der Waals surface area contributed by atoms with Crippen LogP contribution in [0.1, 0.15) is 46.6 Å². The van der Waals surface area contributed by atoms with Crippen LogP contribution in [0.25, 0.3) is 11.0 Å². The molecule has 3 aromatic rings. The number of nitrogens with zero attached hydrogens (tertiary/aromatic N) is 1. The summed E-state index contributed by atoms with van der Waals surface area (Å²) in [5.74, 6) is 0.330. The average molecular weight is 484 g/mol.